The molecule has 1 fully saturated rings. The second-order valence-corrected chi connectivity index (χ2v) is 6.21. The van der Waals surface area contributed by atoms with E-state index in [4.69, 9.17) is 4.74 Å². The first-order chi connectivity index (χ1) is 8.84. The minimum atomic E-state index is -0.965. The molecule has 1 saturated heterocycles. The van der Waals surface area contributed by atoms with Crippen LogP contribution in [0.15, 0.2) is 0 Å². The molecular weight excluding hydrogens is 244 g/mol. The van der Waals surface area contributed by atoms with Crippen LogP contribution in [0.1, 0.15) is 40.0 Å². The topological polar surface area (TPSA) is 73.6 Å². The van der Waals surface area contributed by atoms with Crippen LogP contribution in [0.5, 0.6) is 0 Å². The highest BCUT2D eigenvalue weighted by atomic mass is 16.5. The highest BCUT2D eigenvalue weighted by Gasteiger charge is 2.30. The highest BCUT2D eigenvalue weighted by Crippen LogP contribution is 2.24. The van der Waals surface area contributed by atoms with E-state index in [0.717, 1.165) is 25.9 Å². The second-order valence-electron chi connectivity index (χ2n) is 6.21. The van der Waals surface area contributed by atoms with Gasteiger partial charge in [-0.05, 0) is 46.0 Å². The summed E-state index contributed by atoms with van der Waals surface area (Å²) in [6, 6.07) is 2.25. The first kappa shape index (κ1) is 15.8. The molecule has 1 unspecified atom stereocenters. The summed E-state index contributed by atoms with van der Waals surface area (Å²) in [5.41, 5.74) is -0.482. The number of rotatable bonds is 4. The number of amides is 1. The summed E-state index contributed by atoms with van der Waals surface area (Å²) >= 11 is 0. The molecule has 0 bridgehead atoms. The van der Waals surface area contributed by atoms with Crippen LogP contribution in [0.2, 0.25) is 0 Å². The van der Waals surface area contributed by atoms with Crippen molar-refractivity contribution >= 4 is 6.09 Å². The third-order valence-electron chi connectivity index (χ3n) is 3.50. The van der Waals surface area contributed by atoms with E-state index in [-0.39, 0.29) is 12.5 Å². The SMILES string of the molecule is CC(C)(C)N(CC(C#N)C[C@@H]1CCCOC1)C(=O)O. The molecule has 5 nitrogen and oxygen atoms in total. The van der Waals surface area contributed by atoms with Crippen LogP contribution < -0.4 is 0 Å². The number of nitriles is 1. The second kappa shape index (κ2) is 6.76. The largest absolute Gasteiger partial charge is 0.465 e. The molecule has 19 heavy (non-hydrogen) atoms. The van der Waals surface area contributed by atoms with Gasteiger partial charge in [0.15, 0.2) is 0 Å². The Hall–Kier alpha value is -1.28. The van der Waals surface area contributed by atoms with Crippen LogP contribution >= 0.6 is 0 Å². The highest BCUT2D eigenvalue weighted by molar-refractivity contribution is 5.66. The zero-order valence-corrected chi connectivity index (χ0v) is 12.1. The van der Waals surface area contributed by atoms with Crippen molar-refractivity contribution in [2.45, 2.75) is 45.6 Å². The smallest absolute Gasteiger partial charge is 0.407 e. The monoisotopic (exact) mass is 268 g/mol. The number of nitrogens with zero attached hydrogens (tertiary/aromatic N) is 2. The van der Waals surface area contributed by atoms with Crippen LogP contribution in [0.3, 0.4) is 0 Å². The molecule has 1 aliphatic heterocycles. The Labute approximate surface area is 115 Å². The molecule has 0 aromatic heterocycles. The van der Waals surface area contributed by atoms with Crippen LogP contribution in [0.25, 0.3) is 0 Å². The summed E-state index contributed by atoms with van der Waals surface area (Å²) < 4.78 is 5.41. The maximum absolute atomic E-state index is 11.3. The van der Waals surface area contributed by atoms with Crippen molar-refractivity contribution in [2.75, 3.05) is 19.8 Å². The summed E-state index contributed by atoms with van der Waals surface area (Å²) in [5, 5.41) is 18.5. The molecule has 2 atom stereocenters. The van der Waals surface area contributed by atoms with Gasteiger partial charge in [-0.3, -0.25) is 0 Å². The number of hydrogen-bond donors (Lipinski definition) is 1. The normalized spacial score (nSPS) is 21.5. The van der Waals surface area contributed by atoms with Crippen molar-refractivity contribution < 1.29 is 14.6 Å². The van der Waals surface area contributed by atoms with E-state index in [1.54, 1.807) is 0 Å². The maximum atomic E-state index is 11.3. The molecule has 0 spiro atoms. The molecule has 1 rings (SSSR count). The standard InChI is InChI=1S/C14H24N2O3/c1-14(2,3)16(13(17)18)9-12(8-15)7-11-5-4-6-19-10-11/h11-12H,4-7,9-10H2,1-3H3,(H,17,18)/t11-,12?/m0/s1. The third-order valence-corrected chi connectivity index (χ3v) is 3.50. The fraction of sp³-hybridized carbons (Fsp3) is 0.857. The van der Waals surface area contributed by atoms with Crippen molar-refractivity contribution in [3.63, 3.8) is 0 Å². The van der Waals surface area contributed by atoms with Crippen molar-refractivity contribution in [1.29, 1.82) is 5.26 Å². The molecule has 0 aromatic rings. The molecule has 1 amide bonds. The van der Waals surface area contributed by atoms with E-state index in [9.17, 15) is 15.2 Å². The molecule has 108 valence electrons. The Bertz CT molecular complexity index is 338. The van der Waals surface area contributed by atoms with Gasteiger partial charge in [-0.1, -0.05) is 0 Å². The summed E-state index contributed by atoms with van der Waals surface area (Å²) in [4.78, 5) is 12.6. The van der Waals surface area contributed by atoms with Crippen molar-refractivity contribution in [2.24, 2.45) is 11.8 Å². The van der Waals surface area contributed by atoms with Gasteiger partial charge in [0.25, 0.3) is 0 Å². The lowest BCUT2D eigenvalue weighted by Gasteiger charge is -2.35. The van der Waals surface area contributed by atoms with Gasteiger partial charge in [-0.15, -0.1) is 0 Å². The van der Waals surface area contributed by atoms with Crippen LogP contribution in [-0.2, 0) is 4.74 Å². The van der Waals surface area contributed by atoms with E-state index in [1.807, 2.05) is 20.8 Å². The van der Waals surface area contributed by atoms with Gasteiger partial charge < -0.3 is 14.7 Å². The van der Waals surface area contributed by atoms with E-state index >= 15 is 0 Å². The summed E-state index contributed by atoms with van der Waals surface area (Å²) in [6.45, 7) is 7.31. The van der Waals surface area contributed by atoms with E-state index in [0.29, 0.717) is 12.5 Å². The average Bonchev–Trinajstić information content (AvgIpc) is 2.33. The Morgan fingerprint density at radius 2 is 2.26 bits per heavy atom. The van der Waals surface area contributed by atoms with E-state index < -0.39 is 11.6 Å². The van der Waals surface area contributed by atoms with Crippen molar-refractivity contribution in [3.05, 3.63) is 0 Å². The Balaban J connectivity index is 2.59. The lowest BCUT2D eigenvalue weighted by molar-refractivity contribution is 0.0424. The first-order valence-corrected chi connectivity index (χ1v) is 6.82. The first-order valence-electron chi connectivity index (χ1n) is 6.82. The number of carboxylic acid groups (broad SMARTS) is 1. The molecule has 0 aromatic carbocycles. The quantitative estimate of drug-likeness (QED) is 0.850. The van der Waals surface area contributed by atoms with Crippen LogP contribution in [-0.4, -0.2) is 41.4 Å². The van der Waals surface area contributed by atoms with E-state index in [1.165, 1.54) is 4.90 Å². The van der Waals surface area contributed by atoms with Crippen molar-refractivity contribution in [1.82, 2.24) is 4.90 Å². The Kier molecular flexibility index (Phi) is 5.61. The molecule has 0 saturated carbocycles. The van der Waals surface area contributed by atoms with Gasteiger partial charge in [0.2, 0.25) is 0 Å². The zero-order valence-electron chi connectivity index (χ0n) is 12.1. The lowest BCUT2D eigenvalue weighted by Crippen LogP contribution is -2.47. The predicted molar refractivity (Wildman–Crippen MR) is 71.7 cm³/mol. The summed E-state index contributed by atoms with van der Waals surface area (Å²) in [5.74, 6) is 0.121. The Morgan fingerprint density at radius 1 is 1.58 bits per heavy atom. The molecule has 5 heteroatoms. The number of carbonyl (C=O) groups is 1. The maximum Gasteiger partial charge on any atom is 0.407 e. The van der Waals surface area contributed by atoms with Crippen molar-refractivity contribution in [3.8, 4) is 6.07 Å². The number of hydrogen-bond acceptors (Lipinski definition) is 3. The minimum absolute atomic E-state index is 0.262. The lowest BCUT2D eigenvalue weighted by atomic mass is 9.90. The van der Waals surface area contributed by atoms with Crippen LogP contribution in [0, 0.1) is 23.2 Å². The fourth-order valence-electron chi connectivity index (χ4n) is 2.42. The predicted octanol–water partition coefficient (Wildman–Crippen LogP) is 2.72. The van der Waals surface area contributed by atoms with Gasteiger partial charge in [0.05, 0.1) is 12.0 Å². The molecule has 1 aliphatic rings. The Morgan fingerprint density at radius 3 is 2.68 bits per heavy atom. The molecule has 0 radical (unpaired) electrons. The number of ether oxygens (including phenoxy) is 1. The molecule has 1 heterocycles. The molecule has 1 N–H and O–H groups in total. The van der Waals surface area contributed by atoms with Gasteiger partial charge in [0, 0.05) is 25.3 Å². The average molecular weight is 268 g/mol. The van der Waals surface area contributed by atoms with Crippen LogP contribution in [0.4, 0.5) is 4.79 Å². The van der Waals surface area contributed by atoms with Gasteiger partial charge in [-0.25, -0.2) is 4.79 Å². The molecular formula is C14H24N2O3. The third kappa shape index (κ3) is 5.07. The summed E-state index contributed by atoms with van der Waals surface area (Å²) in [7, 11) is 0. The molecule has 0 aliphatic carbocycles. The summed E-state index contributed by atoms with van der Waals surface area (Å²) in [6.07, 6.45) is 1.86. The van der Waals surface area contributed by atoms with Gasteiger partial charge in [-0.2, -0.15) is 5.26 Å². The van der Waals surface area contributed by atoms with Gasteiger partial charge >= 0.3 is 6.09 Å². The van der Waals surface area contributed by atoms with E-state index in [2.05, 4.69) is 6.07 Å². The minimum Gasteiger partial charge on any atom is -0.465 e. The zero-order chi connectivity index (χ0) is 14.5. The fourth-order valence-corrected chi connectivity index (χ4v) is 2.42. The van der Waals surface area contributed by atoms with Gasteiger partial charge in [0.1, 0.15) is 0 Å².